The van der Waals surface area contributed by atoms with Crippen molar-refractivity contribution >= 4 is 11.9 Å². The Balaban J connectivity index is 2.86. The van der Waals surface area contributed by atoms with Crippen LogP contribution >= 0.6 is 0 Å². The normalized spacial score (nSPS) is 14.8. The van der Waals surface area contributed by atoms with Crippen molar-refractivity contribution in [2.24, 2.45) is 5.92 Å². The van der Waals surface area contributed by atoms with Crippen molar-refractivity contribution in [1.29, 1.82) is 5.26 Å². The van der Waals surface area contributed by atoms with Crippen LogP contribution in [0.2, 0.25) is 0 Å². The van der Waals surface area contributed by atoms with E-state index in [1.807, 2.05) is 6.07 Å². The molecule has 0 aliphatic heterocycles. The summed E-state index contributed by atoms with van der Waals surface area (Å²) in [7, 11) is 1.10. The van der Waals surface area contributed by atoms with Crippen LogP contribution in [0.4, 0.5) is 13.2 Å². The zero-order chi connectivity index (χ0) is 19.2. The number of nitrogens with zero attached hydrogens (tertiary/aromatic N) is 1. The number of hydrogen-bond donors (Lipinski definition) is 2. The van der Waals surface area contributed by atoms with Gasteiger partial charge >= 0.3 is 12.1 Å². The zero-order valence-electron chi connectivity index (χ0n) is 13.5. The van der Waals surface area contributed by atoms with Crippen LogP contribution in [-0.4, -0.2) is 30.1 Å². The molecule has 0 fully saturated rings. The Hall–Kier alpha value is -2.60. The van der Waals surface area contributed by atoms with E-state index in [9.17, 15) is 27.9 Å². The quantitative estimate of drug-likeness (QED) is 0.757. The largest absolute Gasteiger partial charge is 0.467 e. The van der Waals surface area contributed by atoms with Gasteiger partial charge in [0.2, 0.25) is 0 Å². The highest BCUT2D eigenvalue weighted by molar-refractivity contribution is 5.87. The second-order valence-electron chi connectivity index (χ2n) is 5.37. The van der Waals surface area contributed by atoms with Crippen molar-refractivity contribution in [3.63, 3.8) is 0 Å². The van der Waals surface area contributed by atoms with Gasteiger partial charge in [0.15, 0.2) is 6.10 Å². The number of carbonyl (C=O) groups excluding carboxylic acids is 2. The van der Waals surface area contributed by atoms with Crippen LogP contribution in [0.5, 0.6) is 0 Å². The molecule has 0 aromatic heterocycles. The molecule has 0 aliphatic carbocycles. The number of aliphatic hydroxyl groups excluding tert-OH is 1. The third-order valence-corrected chi connectivity index (χ3v) is 3.41. The summed E-state index contributed by atoms with van der Waals surface area (Å²) in [6.07, 6.45) is -6.34. The molecule has 6 nitrogen and oxygen atoms in total. The highest BCUT2D eigenvalue weighted by Gasteiger charge is 2.31. The number of nitrogens with one attached hydrogen (secondary N) is 1. The monoisotopic (exact) mass is 358 g/mol. The third-order valence-electron chi connectivity index (χ3n) is 3.41. The molecule has 0 radical (unpaired) electrons. The number of nitriles is 1. The molecule has 0 bridgehead atoms. The summed E-state index contributed by atoms with van der Waals surface area (Å²) in [4.78, 5) is 23.7. The maximum atomic E-state index is 12.5. The Morgan fingerprint density at radius 3 is 2.32 bits per heavy atom. The lowest BCUT2D eigenvalue weighted by atomic mass is 10.0. The number of carbonyl (C=O) groups is 2. The Morgan fingerprint density at radius 2 is 1.88 bits per heavy atom. The van der Waals surface area contributed by atoms with Crippen LogP contribution in [0.3, 0.4) is 0 Å². The summed E-state index contributed by atoms with van der Waals surface area (Å²) in [6, 6.07) is 4.16. The molecule has 0 unspecified atom stereocenters. The first-order valence-electron chi connectivity index (χ1n) is 7.23. The van der Waals surface area contributed by atoms with Gasteiger partial charge in [-0.05, 0) is 31.0 Å². The molecular weight excluding hydrogens is 341 g/mol. The van der Waals surface area contributed by atoms with Crippen molar-refractivity contribution in [3.8, 4) is 6.07 Å². The van der Waals surface area contributed by atoms with Gasteiger partial charge in [0.05, 0.1) is 18.7 Å². The number of esters is 1. The summed E-state index contributed by atoms with van der Waals surface area (Å²) in [5.41, 5.74) is -0.985. The van der Waals surface area contributed by atoms with Gasteiger partial charge in [-0.25, -0.2) is 4.79 Å². The first-order valence-corrected chi connectivity index (χ1v) is 7.23. The topological polar surface area (TPSA) is 99.4 Å². The highest BCUT2D eigenvalue weighted by atomic mass is 19.4. The van der Waals surface area contributed by atoms with Crippen molar-refractivity contribution in [1.82, 2.24) is 5.32 Å². The van der Waals surface area contributed by atoms with E-state index in [1.165, 1.54) is 6.92 Å². The van der Waals surface area contributed by atoms with E-state index in [-0.39, 0.29) is 12.0 Å². The van der Waals surface area contributed by atoms with E-state index in [2.05, 4.69) is 10.1 Å². The molecule has 1 aromatic rings. The maximum Gasteiger partial charge on any atom is 0.416 e. The van der Waals surface area contributed by atoms with Crippen LogP contribution in [0.15, 0.2) is 24.3 Å². The Kier molecular flexibility index (Phi) is 6.94. The number of rotatable bonds is 6. The average molecular weight is 358 g/mol. The summed E-state index contributed by atoms with van der Waals surface area (Å²) >= 11 is 0. The van der Waals surface area contributed by atoms with E-state index >= 15 is 0 Å². The van der Waals surface area contributed by atoms with Crippen molar-refractivity contribution < 1.29 is 32.6 Å². The molecule has 2 N–H and O–H groups in total. The Labute approximate surface area is 142 Å². The van der Waals surface area contributed by atoms with E-state index in [4.69, 9.17) is 5.26 Å². The molecule has 25 heavy (non-hydrogen) atoms. The highest BCUT2D eigenvalue weighted by Crippen LogP contribution is 2.30. The number of hydrogen-bond acceptors (Lipinski definition) is 5. The summed E-state index contributed by atoms with van der Waals surface area (Å²) in [6.45, 7) is 1.54. The number of benzene rings is 1. The molecule has 0 spiro atoms. The van der Waals surface area contributed by atoms with Crippen LogP contribution in [0, 0.1) is 17.2 Å². The van der Waals surface area contributed by atoms with Gasteiger partial charge in [-0.2, -0.15) is 18.4 Å². The Morgan fingerprint density at radius 1 is 1.32 bits per heavy atom. The van der Waals surface area contributed by atoms with Gasteiger partial charge in [-0.1, -0.05) is 12.1 Å². The molecule has 1 rings (SSSR count). The predicted octanol–water partition coefficient (Wildman–Crippen LogP) is 1.95. The third kappa shape index (κ3) is 5.76. The first kappa shape index (κ1) is 20.4. The number of aliphatic hydroxyl groups is 1. The first-order chi connectivity index (χ1) is 11.6. The fourth-order valence-corrected chi connectivity index (χ4v) is 2.02. The molecule has 3 atom stereocenters. The Bertz CT molecular complexity index is 653. The number of halogens is 3. The van der Waals surface area contributed by atoms with Crippen LogP contribution in [-0.2, 0) is 20.5 Å². The summed E-state index contributed by atoms with van der Waals surface area (Å²) in [5.74, 6) is -2.34. The smallest absolute Gasteiger partial charge is 0.416 e. The molecule has 136 valence electrons. The second kappa shape index (κ2) is 8.48. The molecular formula is C16H17F3N2O4. The predicted molar refractivity (Wildman–Crippen MR) is 79.7 cm³/mol. The minimum absolute atomic E-state index is 0.0331. The lowest BCUT2D eigenvalue weighted by Crippen LogP contribution is -2.44. The molecule has 0 aliphatic rings. The average Bonchev–Trinajstić information content (AvgIpc) is 2.58. The van der Waals surface area contributed by atoms with E-state index in [0.29, 0.717) is 0 Å². The van der Waals surface area contributed by atoms with Gasteiger partial charge in [0.1, 0.15) is 6.04 Å². The summed E-state index contributed by atoms with van der Waals surface area (Å²) in [5, 5.41) is 21.0. The van der Waals surface area contributed by atoms with Gasteiger partial charge in [-0.3, -0.25) is 4.79 Å². The fraction of sp³-hybridized carbons (Fsp3) is 0.438. The molecule has 0 saturated carbocycles. The van der Waals surface area contributed by atoms with Crippen molar-refractivity contribution in [2.45, 2.75) is 31.7 Å². The van der Waals surface area contributed by atoms with Crippen LogP contribution in [0.25, 0.3) is 0 Å². The fourth-order valence-electron chi connectivity index (χ4n) is 2.02. The molecule has 9 heteroatoms. The standard InChI is InChI=1S/C16H17F3N2O4/c1-9(8-20)7-12(15(24)25-2)21-14(23)13(22)10-3-5-11(6-4-10)16(17,18)19/h3-6,9,12-13,22H,7H2,1-2H3,(H,21,23)/t9-,12-,13-/m0/s1. The number of methoxy groups -OCH3 is 1. The van der Waals surface area contributed by atoms with Gasteiger partial charge in [-0.15, -0.1) is 0 Å². The van der Waals surface area contributed by atoms with Crippen LogP contribution in [0.1, 0.15) is 30.6 Å². The van der Waals surface area contributed by atoms with E-state index in [1.54, 1.807) is 0 Å². The molecule has 1 aromatic carbocycles. The minimum Gasteiger partial charge on any atom is -0.467 e. The van der Waals surface area contributed by atoms with Crippen molar-refractivity contribution in [2.75, 3.05) is 7.11 Å². The van der Waals surface area contributed by atoms with E-state index < -0.39 is 41.7 Å². The minimum atomic E-state index is -4.53. The number of amides is 1. The second-order valence-corrected chi connectivity index (χ2v) is 5.37. The number of ether oxygens (including phenoxy) is 1. The SMILES string of the molecule is COC(=O)[C@H](C[C@H](C)C#N)NC(=O)[C@@H](O)c1ccc(C(F)(F)F)cc1. The van der Waals surface area contributed by atoms with Gasteiger partial charge in [0, 0.05) is 5.92 Å². The molecule has 0 heterocycles. The summed E-state index contributed by atoms with van der Waals surface area (Å²) < 4.78 is 42.1. The zero-order valence-corrected chi connectivity index (χ0v) is 13.5. The van der Waals surface area contributed by atoms with E-state index in [0.717, 1.165) is 31.4 Å². The lowest BCUT2D eigenvalue weighted by Gasteiger charge is -2.20. The maximum absolute atomic E-state index is 12.5. The molecule has 0 saturated heterocycles. The van der Waals surface area contributed by atoms with Gasteiger partial charge in [0.25, 0.3) is 5.91 Å². The van der Waals surface area contributed by atoms with Gasteiger partial charge < -0.3 is 15.2 Å². The molecule has 1 amide bonds. The lowest BCUT2D eigenvalue weighted by molar-refractivity contribution is -0.146. The van der Waals surface area contributed by atoms with Crippen LogP contribution < -0.4 is 5.32 Å². The number of alkyl halides is 3. The van der Waals surface area contributed by atoms with Crippen molar-refractivity contribution in [3.05, 3.63) is 35.4 Å².